The molecule has 194 valence electrons. The van der Waals surface area contributed by atoms with E-state index in [2.05, 4.69) is 10.1 Å². The molecule has 0 atom stereocenters. The quantitative estimate of drug-likeness (QED) is 0.317. The van der Waals surface area contributed by atoms with Gasteiger partial charge in [-0.15, -0.1) is 0 Å². The third-order valence-electron chi connectivity index (χ3n) is 6.08. The number of hydrogen-bond acceptors (Lipinski definition) is 7. The number of sulfone groups is 1. The minimum atomic E-state index is -3.41. The van der Waals surface area contributed by atoms with E-state index in [9.17, 15) is 17.6 Å². The minimum absolute atomic E-state index is 0.0746. The summed E-state index contributed by atoms with van der Waals surface area (Å²) >= 11 is 6.17. The van der Waals surface area contributed by atoms with Crippen molar-refractivity contribution in [1.82, 2.24) is 14.8 Å². The lowest BCUT2D eigenvalue weighted by atomic mass is 10.0. The van der Waals surface area contributed by atoms with Crippen LogP contribution in [0.3, 0.4) is 0 Å². The van der Waals surface area contributed by atoms with E-state index in [0.717, 1.165) is 6.26 Å². The van der Waals surface area contributed by atoms with Crippen molar-refractivity contribution in [3.05, 3.63) is 99.1 Å². The summed E-state index contributed by atoms with van der Waals surface area (Å²) in [5.41, 5.74) is 9.41. The zero-order valence-corrected chi connectivity index (χ0v) is 22.0. The number of hydrogen-bond donors (Lipinski definition) is 1. The highest BCUT2D eigenvalue weighted by Gasteiger charge is 2.26. The van der Waals surface area contributed by atoms with E-state index in [-0.39, 0.29) is 29.1 Å². The first-order chi connectivity index (χ1) is 18.0. The summed E-state index contributed by atoms with van der Waals surface area (Å²) in [6, 6.07) is 11.6. The Labute approximate surface area is 223 Å². The van der Waals surface area contributed by atoms with Crippen LogP contribution in [0.2, 0.25) is 5.02 Å². The fraction of sp³-hybridized carbons (Fsp3) is 0.148. The number of allylic oxidation sites excluding steroid dienone is 1. The Balaban J connectivity index is 1.37. The van der Waals surface area contributed by atoms with Crippen molar-refractivity contribution in [2.75, 3.05) is 12.0 Å². The van der Waals surface area contributed by atoms with E-state index in [1.807, 2.05) is 6.92 Å². The van der Waals surface area contributed by atoms with E-state index >= 15 is 0 Å². The lowest BCUT2D eigenvalue weighted by Gasteiger charge is -2.11. The number of nitrogens with zero attached hydrogens (tertiary/aromatic N) is 3. The first-order valence-corrected chi connectivity index (χ1v) is 13.9. The third-order valence-corrected chi connectivity index (χ3v) is 7.23. The molecule has 0 spiro atoms. The molecule has 5 rings (SSSR count). The second kappa shape index (κ2) is 9.70. The Hall–Kier alpha value is -4.02. The second-order valence-electron chi connectivity index (χ2n) is 9.09. The first kappa shape index (κ1) is 25.6. The highest BCUT2D eigenvalue weighted by atomic mass is 35.5. The van der Waals surface area contributed by atoms with Crippen molar-refractivity contribution in [3.63, 3.8) is 0 Å². The molecule has 2 N–H and O–H groups in total. The second-order valence-corrected chi connectivity index (χ2v) is 11.6. The molecule has 11 heteroatoms. The van der Waals surface area contributed by atoms with Gasteiger partial charge in [-0.25, -0.2) is 22.5 Å². The number of aromatic nitrogens is 3. The van der Waals surface area contributed by atoms with Crippen molar-refractivity contribution < 1.29 is 22.3 Å². The molecule has 0 bridgehead atoms. The largest absolute Gasteiger partial charge is 0.437 e. The lowest BCUT2D eigenvalue weighted by Crippen LogP contribution is -2.09. The molecule has 0 unspecified atom stereocenters. The highest BCUT2D eigenvalue weighted by molar-refractivity contribution is 7.89. The first-order valence-electron chi connectivity index (χ1n) is 11.5. The maximum absolute atomic E-state index is 14.5. The number of para-hydroxylation sites is 1. The van der Waals surface area contributed by atoms with Gasteiger partial charge in [0.25, 0.3) is 0 Å². The van der Waals surface area contributed by atoms with E-state index in [1.165, 1.54) is 29.2 Å². The normalized spacial score (nSPS) is 12.8. The number of carbonyl (C=O) groups excluding carboxylic acids is 1. The molecule has 4 aromatic rings. The monoisotopic (exact) mass is 552 g/mol. The Morgan fingerprint density at radius 3 is 2.68 bits per heavy atom. The SMILES string of the molecule is Cc1cc(-n2ncc(C(=O)C3=Cc4cc(F)c(CS(C)(=O)=O)cc4C3)c2N)cnc1Oc1ccccc1Cl. The van der Waals surface area contributed by atoms with Gasteiger partial charge in [0.15, 0.2) is 15.6 Å². The Kier molecular flexibility index (Phi) is 6.54. The summed E-state index contributed by atoms with van der Waals surface area (Å²) < 4.78 is 44.9. The number of ketones is 1. The van der Waals surface area contributed by atoms with Crippen molar-refractivity contribution in [2.45, 2.75) is 19.1 Å². The summed E-state index contributed by atoms with van der Waals surface area (Å²) in [7, 11) is -3.41. The molecule has 38 heavy (non-hydrogen) atoms. The average molecular weight is 553 g/mol. The zero-order chi connectivity index (χ0) is 27.2. The maximum atomic E-state index is 14.5. The summed E-state index contributed by atoms with van der Waals surface area (Å²) in [4.78, 5) is 17.7. The third kappa shape index (κ3) is 5.05. The van der Waals surface area contributed by atoms with Crippen LogP contribution in [0.25, 0.3) is 11.8 Å². The van der Waals surface area contributed by atoms with Gasteiger partial charge in [0, 0.05) is 29.4 Å². The number of aryl methyl sites for hydroxylation is 1. The van der Waals surface area contributed by atoms with Crippen LogP contribution >= 0.6 is 11.6 Å². The standard InChI is InChI=1S/C27H22ClFN4O4S/c1-15-7-20(12-31-27(15)37-24-6-4-3-5-22(24)28)33-26(30)21(13-32-33)25(34)18-8-16-10-19(14-38(2,35)36)23(29)11-17(16)9-18/h3-7,9-13H,8,14,30H2,1-2H3. The van der Waals surface area contributed by atoms with Gasteiger partial charge in [-0.1, -0.05) is 29.8 Å². The predicted molar refractivity (Wildman–Crippen MR) is 143 cm³/mol. The van der Waals surface area contributed by atoms with Gasteiger partial charge in [0.2, 0.25) is 5.88 Å². The predicted octanol–water partition coefficient (Wildman–Crippen LogP) is 5.11. The zero-order valence-electron chi connectivity index (χ0n) is 20.4. The van der Waals surface area contributed by atoms with Gasteiger partial charge >= 0.3 is 0 Å². The molecule has 2 heterocycles. The molecule has 2 aromatic heterocycles. The molecule has 0 saturated carbocycles. The number of pyridine rings is 1. The number of carbonyl (C=O) groups is 1. The summed E-state index contributed by atoms with van der Waals surface area (Å²) in [5.74, 6) is -0.435. The fourth-order valence-electron chi connectivity index (χ4n) is 4.27. The molecule has 1 aliphatic carbocycles. The maximum Gasteiger partial charge on any atom is 0.222 e. The molecule has 0 fully saturated rings. The van der Waals surface area contributed by atoms with Gasteiger partial charge in [0.1, 0.15) is 17.4 Å². The number of halogens is 2. The Bertz CT molecular complexity index is 1750. The van der Waals surface area contributed by atoms with Crippen LogP contribution in [0.15, 0.2) is 60.4 Å². The molecular weight excluding hydrogens is 531 g/mol. The van der Waals surface area contributed by atoms with Gasteiger partial charge in [-0.2, -0.15) is 5.10 Å². The van der Waals surface area contributed by atoms with Crippen molar-refractivity contribution in [3.8, 4) is 17.3 Å². The van der Waals surface area contributed by atoms with Crippen LogP contribution in [0, 0.1) is 12.7 Å². The van der Waals surface area contributed by atoms with Crippen LogP contribution in [0.1, 0.15) is 32.6 Å². The Morgan fingerprint density at radius 2 is 1.97 bits per heavy atom. The van der Waals surface area contributed by atoms with E-state index in [4.69, 9.17) is 22.1 Å². The number of benzene rings is 2. The molecule has 0 radical (unpaired) electrons. The topological polar surface area (TPSA) is 117 Å². The highest BCUT2D eigenvalue weighted by Crippen LogP contribution is 2.33. The van der Waals surface area contributed by atoms with E-state index < -0.39 is 21.4 Å². The van der Waals surface area contributed by atoms with Crippen molar-refractivity contribution in [1.29, 1.82) is 0 Å². The van der Waals surface area contributed by atoms with Crippen LogP contribution in [0.5, 0.6) is 11.6 Å². The van der Waals surface area contributed by atoms with Crippen LogP contribution in [-0.4, -0.2) is 35.2 Å². The molecule has 0 saturated heterocycles. The molecule has 0 amide bonds. The Morgan fingerprint density at radius 1 is 1.21 bits per heavy atom. The number of anilines is 1. The van der Waals surface area contributed by atoms with Gasteiger partial charge in [0.05, 0.1) is 34.4 Å². The molecular formula is C27H22ClFN4O4S. The van der Waals surface area contributed by atoms with Gasteiger partial charge in [-0.05, 0) is 48.4 Å². The summed E-state index contributed by atoms with van der Waals surface area (Å²) in [6.45, 7) is 1.81. The lowest BCUT2D eigenvalue weighted by molar-refractivity contribution is 0.103. The molecule has 1 aliphatic rings. The number of nitrogens with two attached hydrogens (primary N) is 1. The van der Waals surface area contributed by atoms with Crippen molar-refractivity contribution >= 4 is 39.1 Å². The van der Waals surface area contributed by atoms with Crippen molar-refractivity contribution in [2.24, 2.45) is 0 Å². The van der Waals surface area contributed by atoms with Crippen LogP contribution in [-0.2, 0) is 22.0 Å². The van der Waals surface area contributed by atoms with Crippen LogP contribution in [0.4, 0.5) is 10.2 Å². The minimum Gasteiger partial charge on any atom is -0.437 e. The average Bonchev–Trinajstić information content (AvgIpc) is 3.43. The summed E-state index contributed by atoms with van der Waals surface area (Å²) in [5, 5.41) is 4.73. The number of fused-ring (bicyclic) bond motifs is 1. The number of ether oxygens (including phenoxy) is 1. The summed E-state index contributed by atoms with van der Waals surface area (Å²) in [6.07, 6.45) is 5.76. The van der Waals surface area contributed by atoms with Gasteiger partial charge in [-0.3, -0.25) is 4.79 Å². The smallest absolute Gasteiger partial charge is 0.222 e. The number of Topliss-reactive ketones (excluding diaryl/α,β-unsaturated/α-hetero) is 1. The van der Waals surface area contributed by atoms with E-state index in [1.54, 1.807) is 36.4 Å². The van der Waals surface area contributed by atoms with E-state index in [0.29, 0.717) is 44.6 Å². The molecule has 8 nitrogen and oxygen atoms in total. The van der Waals surface area contributed by atoms with Gasteiger partial charge < -0.3 is 10.5 Å². The fourth-order valence-corrected chi connectivity index (χ4v) is 5.23. The number of rotatable bonds is 7. The van der Waals surface area contributed by atoms with Crippen LogP contribution < -0.4 is 10.5 Å². The number of nitrogen functional groups attached to an aromatic ring is 1. The molecule has 2 aromatic carbocycles. The molecule has 0 aliphatic heterocycles.